The van der Waals surface area contributed by atoms with Crippen LogP contribution in [0.15, 0.2) is 24.3 Å². The van der Waals surface area contributed by atoms with Crippen molar-refractivity contribution >= 4 is 0 Å². The van der Waals surface area contributed by atoms with Gasteiger partial charge in [0, 0.05) is 25.7 Å². The minimum Gasteiger partial charge on any atom is -0.374 e. The summed E-state index contributed by atoms with van der Waals surface area (Å²) in [5.41, 5.74) is 6.81. The highest BCUT2D eigenvalue weighted by Gasteiger charge is 2.23. The van der Waals surface area contributed by atoms with E-state index in [0.29, 0.717) is 12.6 Å². The topological polar surface area (TPSA) is 38.5 Å². The van der Waals surface area contributed by atoms with Gasteiger partial charge in [-0.15, -0.1) is 0 Å². The standard InChI is InChI=1S/C14H21FN2O/c1-11(8-12-2-4-13(15)5-3-12)17-6-7-18-14(9-16)10-17/h2-5,11,14H,6-10,16H2,1H3. The highest BCUT2D eigenvalue weighted by Crippen LogP contribution is 2.13. The molecule has 2 unspecified atom stereocenters. The molecule has 1 aromatic carbocycles. The second-order valence-electron chi connectivity index (χ2n) is 4.90. The van der Waals surface area contributed by atoms with Crippen LogP contribution in [0, 0.1) is 5.82 Å². The van der Waals surface area contributed by atoms with Gasteiger partial charge in [-0.2, -0.15) is 0 Å². The molecule has 0 bridgehead atoms. The Kier molecular flexibility index (Phi) is 4.69. The van der Waals surface area contributed by atoms with Crippen LogP contribution in [0.5, 0.6) is 0 Å². The number of benzene rings is 1. The van der Waals surface area contributed by atoms with Gasteiger partial charge in [0.25, 0.3) is 0 Å². The lowest BCUT2D eigenvalue weighted by Gasteiger charge is -2.36. The minimum absolute atomic E-state index is 0.148. The third kappa shape index (κ3) is 3.51. The van der Waals surface area contributed by atoms with Gasteiger partial charge in [0.05, 0.1) is 12.7 Å². The van der Waals surface area contributed by atoms with Crippen molar-refractivity contribution in [3.8, 4) is 0 Å². The van der Waals surface area contributed by atoms with Crippen LogP contribution in [0.2, 0.25) is 0 Å². The number of rotatable bonds is 4. The van der Waals surface area contributed by atoms with Crippen molar-refractivity contribution < 1.29 is 9.13 Å². The van der Waals surface area contributed by atoms with Crippen LogP contribution in [-0.4, -0.2) is 43.3 Å². The second kappa shape index (κ2) is 6.27. The molecule has 2 atom stereocenters. The Labute approximate surface area is 108 Å². The van der Waals surface area contributed by atoms with Crippen molar-refractivity contribution in [2.24, 2.45) is 5.73 Å². The highest BCUT2D eigenvalue weighted by molar-refractivity contribution is 5.17. The number of morpholine rings is 1. The zero-order valence-corrected chi connectivity index (χ0v) is 10.8. The molecule has 0 amide bonds. The van der Waals surface area contributed by atoms with Crippen molar-refractivity contribution in [1.29, 1.82) is 0 Å². The molecule has 4 heteroatoms. The molecule has 18 heavy (non-hydrogen) atoms. The van der Waals surface area contributed by atoms with E-state index in [1.54, 1.807) is 0 Å². The number of hydrogen-bond acceptors (Lipinski definition) is 3. The molecule has 2 rings (SSSR count). The summed E-state index contributed by atoms with van der Waals surface area (Å²) in [5, 5.41) is 0. The number of ether oxygens (including phenoxy) is 1. The van der Waals surface area contributed by atoms with Crippen molar-refractivity contribution in [3.05, 3.63) is 35.6 Å². The number of nitrogens with two attached hydrogens (primary N) is 1. The fourth-order valence-corrected chi connectivity index (χ4v) is 2.38. The number of nitrogens with zero attached hydrogens (tertiary/aromatic N) is 1. The molecule has 0 spiro atoms. The van der Waals surface area contributed by atoms with Gasteiger partial charge in [-0.05, 0) is 31.0 Å². The minimum atomic E-state index is -0.180. The fraction of sp³-hybridized carbons (Fsp3) is 0.571. The lowest BCUT2D eigenvalue weighted by Crippen LogP contribution is -2.49. The summed E-state index contributed by atoms with van der Waals surface area (Å²) in [4.78, 5) is 2.39. The summed E-state index contributed by atoms with van der Waals surface area (Å²) >= 11 is 0. The Morgan fingerprint density at radius 3 is 2.83 bits per heavy atom. The van der Waals surface area contributed by atoms with E-state index in [4.69, 9.17) is 10.5 Å². The van der Waals surface area contributed by atoms with Crippen LogP contribution in [0.1, 0.15) is 12.5 Å². The highest BCUT2D eigenvalue weighted by atomic mass is 19.1. The van der Waals surface area contributed by atoms with Crippen LogP contribution in [0.4, 0.5) is 4.39 Å². The lowest BCUT2D eigenvalue weighted by molar-refractivity contribution is -0.0358. The van der Waals surface area contributed by atoms with Gasteiger partial charge in [0.2, 0.25) is 0 Å². The van der Waals surface area contributed by atoms with Crippen molar-refractivity contribution in [3.63, 3.8) is 0 Å². The lowest BCUT2D eigenvalue weighted by atomic mass is 10.0. The van der Waals surface area contributed by atoms with E-state index in [1.165, 1.54) is 17.7 Å². The predicted molar refractivity (Wildman–Crippen MR) is 69.9 cm³/mol. The summed E-state index contributed by atoms with van der Waals surface area (Å²) in [5.74, 6) is -0.180. The van der Waals surface area contributed by atoms with E-state index in [1.807, 2.05) is 12.1 Å². The van der Waals surface area contributed by atoms with Gasteiger partial charge in [-0.3, -0.25) is 4.90 Å². The largest absolute Gasteiger partial charge is 0.374 e. The zero-order chi connectivity index (χ0) is 13.0. The average molecular weight is 252 g/mol. The van der Waals surface area contributed by atoms with Gasteiger partial charge in [0.1, 0.15) is 5.82 Å². The molecule has 0 aliphatic carbocycles. The Morgan fingerprint density at radius 2 is 2.17 bits per heavy atom. The van der Waals surface area contributed by atoms with Crippen molar-refractivity contribution in [1.82, 2.24) is 4.90 Å². The smallest absolute Gasteiger partial charge is 0.123 e. The first-order chi connectivity index (χ1) is 8.69. The molecule has 0 saturated carbocycles. The molecule has 1 saturated heterocycles. The van der Waals surface area contributed by atoms with Crippen LogP contribution < -0.4 is 5.73 Å². The van der Waals surface area contributed by atoms with Crippen LogP contribution >= 0.6 is 0 Å². The molecule has 2 N–H and O–H groups in total. The summed E-state index contributed by atoms with van der Waals surface area (Å²) in [7, 11) is 0. The maximum atomic E-state index is 12.8. The molecule has 0 aromatic heterocycles. The molecule has 1 aliphatic heterocycles. The first kappa shape index (κ1) is 13.5. The van der Waals surface area contributed by atoms with Gasteiger partial charge in [-0.25, -0.2) is 4.39 Å². The van der Waals surface area contributed by atoms with Crippen LogP contribution in [0.25, 0.3) is 0 Å². The van der Waals surface area contributed by atoms with Crippen LogP contribution in [-0.2, 0) is 11.2 Å². The van der Waals surface area contributed by atoms with E-state index in [9.17, 15) is 4.39 Å². The normalized spacial score (nSPS) is 22.9. The molecule has 1 heterocycles. The Bertz CT molecular complexity index is 369. The number of halogens is 1. The molecule has 3 nitrogen and oxygen atoms in total. The maximum Gasteiger partial charge on any atom is 0.123 e. The molecule has 1 aliphatic rings. The summed E-state index contributed by atoms with van der Waals surface area (Å²) < 4.78 is 18.4. The van der Waals surface area contributed by atoms with Crippen molar-refractivity contribution in [2.75, 3.05) is 26.2 Å². The summed E-state index contributed by atoms with van der Waals surface area (Å²) in [6.45, 7) is 5.34. The zero-order valence-electron chi connectivity index (χ0n) is 10.8. The maximum absolute atomic E-state index is 12.8. The van der Waals surface area contributed by atoms with E-state index < -0.39 is 0 Å². The van der Waals surface area contributed by atoms with Crippen molar-refractivity contribution in [2.45, 2.75) is 25.5 Å². The molecule has 1 fully saturated rings. The Hall–Kier alpha value is -0.970. The first-order valence-corrected chi connectivity index (χ1v) is 6.49. The van der Waals surface area contributed by atoms with Gasteiger partial charge < -0.3 is 10.5 Å². The molecular formula is C14H21FN2O. The molecule has 1 aromatic rings. The molecular weight excluding hydrogens is 231 g/mol. The summed E-state index contributed by atoms with van der Waals surface area (Å²) in [6.07, 6.45) is 1.08. The van der Waals surface area contributed by atoms with E-state index >= 15 is 0 Å². The predicted octanol–water partition coefficient (Wildman–Crippen LogP) is 1.42. The average Bonchev–Trinajstić information content (AvgIpc) is 2.41. The van der Waals surface area contributed by atoms with Gasteiger partial charge >= 0.3 is 0 Å². The fourth-order valence-electron chi connectivity index (χ4n) is 2.38. The summed E-state index contributed by atoms with van der Waals surface area (Å²) in [6, 6.07) is 7.17. The third-order valence-corrected chi connectivity index (χ3v) is 3.50. The monoisotopic (exact) mass is 252 g/mol. The van der Waals surface area contributed by atoms with E-state index in [-0.39, 0.29) is 11.9 Å². The number of hydrogen-bond donors (Lipinski definition) is 1. The Morgan fingerprint density at radius 1 is 1.44 bits per heavy atom. The molecule has 100 valence electrons. The van der Waals surface area contributed by atoms with E-state index in [0.717, 1.165) is 26.1 Å². The third-order valence-electron chi connectivity index (χ3n) is 3.50. The first-order valence-electron chi connectivity index (χ1n) is 6.49. The molecule has 0 radical (unpaired) electrons. The Balaban J connectivity index is 1.90. The van der Waals surface area contributed by atoms with Crippen LogP contribution in [0.3, 0.4) is 0 Å². The second-order valence-corrected chi connectivity index (χ2v) is 4.90. The quantitative estimate of drug-likeness (QED) is 0.880. The van der Waals surface area contributed by atoms with Gasteiger partial charge in [0.15, 0.2) is 0 Å². The van der Waals surface area contributed by atoms with E-state index in [2.05, 4.69) is 11.8 Å². The van der Waals surface area contributed by atoms with Gasteiger partial charge in [-0.1, -0.05) is 12.1 Å². The SMILES string of the molecule is CC(Cc1ccc(F)cc1)N1CCOC(CN)C1.